The highest BCUT2D eigenvalue weighted by Crippen LogP contribution is 2.23. The van der Waals surface area contributed by atoms with Crippen molar-refractivity contribution in [2.24, 2.45) is 10.9 Å². The summed E-state index contributed by atoms with van der Waals surface area (Å²) in [5.41, 5.74) is -0.525. The number of oxazole rings is 1. The summed E-state index contributed by atoms with van der Waals surface area (Å²) >= 11 is 0. The van der Waals surface area contributed by atoms with Crippen molar-refractivity contribution >= 4 is 12.1 Å². The number of guanidine groups is 1. The lowest BCUT2D eigenvalue weighted by Crippen LogP contribution is -2.47. The van der Waals surface area contributed by atoms with E-state index in [-0.39, 0.29) is 11.5 Å². The topological polar surface area (TPSA) is 83.2 Å². The number of rotatable bonds is 5. The monoisotopic (exact) mass is 435 g/mol. The van der Waals surface area contributed by atoms with Gasteiger partial charge in [-0.2, -0.15) is 0 Å². The number of hydrogen-bond donors (Lipinski definition) is 1. The zero-order chi connectivity index (χ0) is 23.2. The number of carbonyl (C=O) groups is 1. The Balaban J connectivity index is 1.83. The fraction of sp³-hybridized carbons (Fsp3) is 0.783. The zero-order valence-corrected chi connectivity index (χ0v) is 20.6. The average Bonchev–Trinajstić information content (AvgIpc) is 3.15. The van der Waals surface area contributed by atoms with E-state index in [2.05, 4.69) is 41.0 Å². The Morgan fingerprint density at radius 2 is 1.94 bits per heavy atom. The number of nitrogens with zero attached hydrogens (tertiary/aromatic N) is 4. The molecule has 8 heteroatoms. The molecule has 176 valence electrons. The molecule has 1 amide bonds. The maximum atomic E-state index is 12.4. The van der Waals surface area contributed by atoms with E-state index in [4.69, 9.17) is 9.15 Å². The number of amides is 1. The van der Waals surface area contributed by atoms with E-state index in [1.54, 1.807) is 13.2 Å². The maximum Gasteiger partial charge on any atom is 0.410 e. The fourth-order valence-corrected chi connectivity index (χ4v) is 3.52. The van der Waals surface area contributed by atoms with Crippen LogP contribution in [0.1, 0.15) is 73.0 Å². The van der Waals surface area contributed by atoms with E-state index in [0.717, 1.165) is 44.2 Å². The molecule has 1 fully saturated rings. The molecule has 0 bridgehead atoms. The summed E-state index contributed by atoms with van der Waals surface area (Å²) in [5, 5.41) is 3.37. The quantitative estimate of drug-likeness (QED) is 0.556. The van der Waals surface area contributed by atoms with Crippen molar-refractivity contribution in [1.82, 2.24) is 20.1 Å². The van der Waals surface area contributed by atoms with Gasteiger partial charge in [-0.3, -0.25) is 4.99 Å². The predicted octanol–water partition coefficient (Wildman–Crippen LogP) is 4.02. The Morgan fingerprint density at radius 3 is 2.42 bits per heavy atom. The van der Waals surface area contributed by atoms with E-state index in [1.807, 2.05) is 32.6 Å². The van der Waals surface area contributed by atoms with Crippen LogP contribution in [0.25, 0.3) is 0 Å². The van der Waals surface area contributed by atoms with Gasteiger partial charge < -0.3 is 24.3 Å². The highest BCUT2D eigenvalue weighted by molar-refractivity contribution is 5.79. The molecule has 8 nitrogen and oxygen atoms in total. The minimum Gasteiger partial charge on any atom is -0.444 e. The van der Waals surface area contributed by atoms with Crippen molar-refractivity contribution in [1.29, 1.82) is 0 Å². The SMILES string of the molecule is CCN(CC1CCN(C(=NC)NCc2ncc(C(C)(C)C)o2)CC1)C(=O)OC(C)(C)C. The van der Waals surface area contributed by atoms with Crippen LogP contribution in [0.2, 0.25) is 0 Å². The Kier molecular flexibility index (Phi) is 8.37. The van der Waals surface area contributed by atoms with E-state index in [9.17, 15) is 4.79 Å². The highest BCUT2D eigenvalue weighted by Gasteiger charge is 2.27. The summed E-state index contributed by atoms with van der Waals surface area (Å²) in [6.07, 6.45) is 3.59. The molecule has 0 radical (unpaired) electrons. The molecule has 1 aliphatic heterocycles. The first-order chi connectivity index (χ1) is 14.4. The normalized spacial score (nSPS) is 16.4. The molecular formula is C23H41N5O3. The first-order valence-corrected chi connectivity index (χ1v) is 11.3. The zero-order valence-electron chi connectivity index (χ0n) is 20.6. The molecule has 1 aromatic rings. The van der Waals surface area contributed by atoms with Gasteiger partial charge in [0.25, 0.3) is 0 Å². The van der Waals surface area contributed by atoms with E-state index in [0.29, 0.717) is 24.9 Å². The van der Waals surface area contributed by atoms with Crippen LogP contribution in [-0.4, -0.2) is 65.7 Å². The summed E-state index contributed by atoms with van der Waals surface area (Å²) in [7, 11) is 1.80. The molecule has 0 spiro atoms. The van der Waals surface area contributed by atoms with Crippen LogP contribution in [0.4, 0.5) is 4.79 Å². The number of hydrogen-bond acceptors (Lipinski definition) is 5. The van der Waals surface area contributed by atoms with E-state index < -0.39 is 5.60 Å². The highest BCUT2D eigenvalue weighted by atomic mass is 16.6. The van der Waals surface area contributed by atoms with Gasteiger partial charge >= 0.3 is 6.09 Å². The standard InChI is InChI=1S/C23H41N5O3/c1-9-27(21(29)31-23(5,6)7)16-17-10-12-28(13-11-17)20(24-8)26-15-19-25-14-18(30-19)22(2,3)4/h14,17H,9-13,15-16H2,1-8H3,(H,24,26). The summed E-state index contributed by atoms with van der Waals surface area (Å²) in [6.45, 7) is 17.7. The number of ether oxygens (including phenoxy) is 1. The lowest BCUT2D eigenvalue weighted by Gasteiger charge is -2.36. The van der Waals surface area contributed by atoms with E-state index >= 15 is 0 Å². The van der Waals surface area contributed by atoms with Crippen molar-refractivity contribution < 1.29 is 13.9 Å². The molecule has 2 heterocycles. The largest absolute Gasteiger partial charge is 0.444 e. The second-order valence-electron chi connectivity index (χ2n) is 10.2. The summed E-state index contributed by atoms with van der Waals surface area (Å²) in [5.74, 6) is 2.86. The van der Waals surface area contributed by atoms with Crippen LogP contribution >= 0.6 is 0 Å². The lowest BCUT2D eigenvalue weighted by molar-refractivity contribution is 0.0214. The molecule has 31 heavy (non-hydrogen) atoms. The van der Waals surface area contributed by atoms with Crippen molar-refractivity contribution in [3.8, 4) is 0 Å². The molecule has 1 aromatic heterocycles. The number of aliphatic imine (C=N–C) groups is 1. The van der Waals surface area contributed by atoms with Crippen LogP contribution in [0.5, 0.6) is 0 Å². The van der Waals surface area contributed by atoms with Gasteiger partial charge in [0, 0.05) is 38.6 Å². The molecule has 0 saturated carbocycles. The second kappa shape index (κ2) is 10.4. The molecular weight excluding hydrogens is 394 g/mol. The smallest absolute Gasteiger partial charge is 0.410 e. The third-order valence-corrected chi connectivity index (χ3v) is 5.33. The third-order valence-electron chi connectivity index (χ3n) is 5.33. The molecule has 1 saturated heterocycles. The van der Waals surface area contributed by atoms with Gasteiger partial charge in [0.15, 0.2) is 5.96 Å². The molecule has 1 aliphatic rings. The molecule has 0 atom stereocenters. The van der Waals surface area contributed by atoms with Gasteiger partial charge in [0.2, 0.25) is 5.89 Å². The van der Waals surface area contributed by atoms with Gasteiger partial charge in [-0.1, -0.05) is 20.8 Å². The van der Waals surface area contributed by atoms with Crippen molar-refractivity contribution in [2.45, 2.75) is 78.9 Å². The maximum absolute atomic E-state index is 12.4. The number of piperidine rings is 1. The predicted molar refractivity (Wildman–Crippen MR) is 123 cm³/mol. The number of nitrogens with one attached hydrogen (secondary N) is 1. The Morgan fingerprint density at radius 1 is 1.29 bits per heavy atom. The molecule has 0 aliphatic carbocycles. The van der Waals surface area contributed by atoms with Crippen LogP contribution in [0, 0.1) is 5.92 Å². The van der Waals surface area contributed by atoms with Crippen molar-refractivity contribution in [3.63, 3.8) is 0 Å². The number of likely N-dealkylation sites (tertiary alicyclic amines) is 1. The fourth-order valence-electron chi connectivity index (χ4n) is 3.52. The Hall–Kier alpha value is -2.25. The lowest BCUT2D eigenvalue weighted by atomic mass is 9.94. The van der Waals surface area contributed by atoms with Gasteiger partial charge in [-0.05, 0) is 46.5 Å². The average molecular weight is 436 g/mol. The molecule has 1 N–H and O–H groups in total. The minimum absolute atomic E-state index is 0.0551. The van der Waals surface area contributed by atoms with Crippen LogP contribution in [0.3, 0.4) is 0 Å². The Bertz CT molecular complexity index is 737. The van der Waals surface area contributed by atoms with Gasteiger partial charge in [0.1, 0.15) is 11.4 Å². The molecule has 2 rings (SSSR count). The van der Waals surface area contributed by atoms with E-state index in [1.165, 1.54) is 0 Å². The van der Waals surface area contributed by atoms with Crippen molar-refractivity contribution in [3.05, 3.63) is 17.8 Å². The molecule has 0 unspecified atom stereocenters. The first kappa shape index (κ1) is 25.0. The summed E-state index contributed by atoms with van der Waals surface area (Å²) in [6, 6.07) is 0. The first-order valence-electron chi connectivity index (χ1n) is 11.3. The second-order valence-corrected chi connectivity index (χ2v) is 10.2. The number of aromatic nitrogens is 1. The number of carbonyl (C=O) groups excluding carboxylic acids is 1. The summed E-state index contributed by atoms with van der Waals surface area (Å²) in [4.78, 5) is 25.3. The minimum atomic E-state index is -0.470. The van der Waals surface area contributed by atoms with Gasteiger partial charge in [-0.25, -0.2) is 9.78 Å². The third kappa shape index (κ3) is 7.74. The molecule has 0 aromatic carbocycles. The van der Waals surface area contributed by atoms with Gasteiger partial charge in [0.05, 0.1) is 12.7 Å². The van der Waals surface area contributed by atoms with Crippen molar-refractivity contribution in [2.75, 3.05) is 33.2 Å². The van der Waals surface area contributed by atoms with Crippen LogP contribution in [-0.2, 0) is 16.7 Å². The van der Waals surface area contributed by atoms with Gasteiger partial charge in [-0.15, -0.1) is 0 Å². The summed E-state index contributed by atoms with van der Waals surface area (Å²) < 4.78 is 11.4. The Labute approximate surface area is 187 Å². The van der Waals surface area contributed by atoms with Crippen LogP contribution < -0.4 is 5.32 Å². The van der Waals surface area contributed by atoms with Crippen LogP contribution in [0.15, 0.2) is 15.6 Å².